The van der Waals surface area contributed by atoms with Crippen LogP contribution in [0.5, 0.6) is 0 Å². The highest BCUT2D eigenvalue weighted by Gasteiger charge is 2.15. The molecule has 3 aromatic rings. The van der Waals surface area contributed by atoms with Gasteiger partial charge in [-0.25, -0.2) is 9.18 Å². The summed E-state index contributed by atoms with van der Waals surface area (Å²) in [6.07, 6.45) is 0. The van der Waals surface area contributed by atoms with Crippen LogP contribution in [0.1, 0.15) is 24.2 Å². The standard InChI is InChI=1S/C20H18FN3O4/c1-12(2)18(26)22-16-9-5-13(6-10-16)17(25)11-24-20(27)28-19(23-24)14-3-7-15(21)8-4-14/h3-10,12H,11H2,1-2H3,(H,22,26). The van der Waals surface area contributed by atoms with E-state index in [0.29, 0.717) is 16.8 Å². The molecular formula is C20H18FN3O4. The number of nitrogens with one attached hydrogen (secondary N) is 1. The largest absolute Gasteiger partial charge is 0.437 e. The summed E-state index contributed by atoms with van der Waals surface area (Å²) in [5.41, 5.74) is 1.36. The summed E-state index contributed by atoms with van der Waals surface area (Å²) in [5.74, 6) is -1.83. The van der Waals surface area contributed by atoms with Crippen molar-refractivity contribution >= 4 is 17.4 Å². The molecule has 8 heteroatoms. The molecule has 144 valence electrons. The number of halogens is 1. The van der Waals surface area contributed by atoms with Crippen LogP contribution in [0.15, 0.2) is 57.7 Å². The maximum atomic E-state index is 13.0. The van der Waals surface area contributed by atoms with Crippen molar-refractivity contribution in [2.24, 2.45) is 5.92 Å². The predicted octanol–water partition coefficient (Wildman–Crippen LogP) is 3.12. The SMILES string of the molecule is CC(C)C(=O)Nc1ccc(C(=O)Cn2nc(-c3ccc(F)cc3)oc2=O)cc1. The molecule has 7 nitrogen and oxygen atoms in total. The van der Waals surface area contributed by atoms with Crippen LogP contribution in [-0.2, 0) is 11.3 Å². The first-order chi connectivity index (χ1) is 13.3. The number of benzene rings is 2. The van der Waals surface area contributed by atoms with Gasteiger partial charge < -0.3 is 9.73 Å². The summed E-state index contributed by atoms with van der Waals surface area (Å²) in [5, 5.41) is 6.72. The van der Waals surface area contributed by atoms with Gasteiger partial charge in [0, 0.05) is 22.7 Å². The van der Waals surface area contributed by atoms with Crippen molar-refractivity contribution in [1.82, 2.24) is 9.78 Å². The van der Waals surface area contributed by atoms with Crippen LogP contribution in [0.2, 0.25) is 0 Å². The lowest BCUT2D eigenvalue weighted by atomic mass is 10.1. The average Bonchev–Trinajstić information content (AvgIpc) is 3.03. The van der Waals surface area contributed by atoms with Crippen molar-refractivity contribution in [3.05, 3.63) is 70.5 Å². The molecule has 0 saturated heterocycles. The molecule has 1 heterocycles. The molecule has 0 atom stereocenters. The highest BCUT2D eigenvalue weighted by atomic mass is 19.1. The van der Waals surface area contributed by atoms with E-state index in [0.717, 1.165) is 4.68 Å². The van der Waals surface area contributed by atoms with Crippen molar-refractivity contribution in [3.63, 3.8) is 0 Å². The molecule has 3 rings (SSSR count). The quantitative estimate of drug-likeness (QED) is 0.660. The lowest BCUT2D eigenvalue weighted by molar-refractivity contribution is -0.118. The van der Waals surface area contributed by atoms with E-state index < -0.39 is 11.6 Å². The Balaban J connectivity index is 1.72. The number of nitrogens with zero attached hydrogens (tertiary/aromatic N) is 2. The normalized spacial score (nSPS) is 10.9. The minimum absolute atomic E-state index is 0.00421. The monoisotopic (exact) mass is 383 g/mol. The van der Waals surface area contributed by atoms with Crippen molar-refractivity contribution in [1.29, 1.82) is 0 Å². The third kappa shape index (κ3) is 4.40. The zero-order valence-corrected chi connectivity index (χ0v) is 15.3. The number of hydrogen-bond acceptors (Lipinski definition) is 5. The summed E-state index contributed by atoms with van der Waals surface area (Å²) in [6, 6.07) is 11.6. The van der Waals surface area contributed by atoms with Crippen LogP contribution in [0.4, 0.5) is 10.1 Å². The van der Waals surface area contributed by atoms with E-state index in [9.17, 15) is 18.8 Å². The first kappa shape index (κ1) is 19.2. The van der Waals surface area contributed by atoms with Gasteiger partial charge in [-0.15, -0.1) is 5.10 Å². The Bertz CT molecular complexity index is 1050. The molecule has 1 aromatic heterocycles. The number of amides is 1. The fourth-order valence-corrected chi connectivity index (χ4v) is 2.37. The van der Waals surface area contributed by atoms with Crippen molar-refractivity contribution < 1.29 is 18.4 Å². The molecule has 28 heavy (non-hydrogen) atoms. The molecule has 0 spiro atoms. The van der Waals surface area contributed by atoms with E-state index in [1.165, 1.54) is 24.3 Å². The molecule has 2 aromatic carbocycles. The average molecular weight is 383 g/mol. The van der Waals surface area contributed by atoms with E-state index in [-0.39, 0.29) is 30.0 Å². The zero-order valence-electron chi connectivity index (χ0n) is 15.3. The van der Waals surface area contributed by atoms with Gasteiger partial charge in [-0.3, -0.25) is 9.59 Å². The Hall–Kier alpha value is -3.55. The maximum absolute atomic E-state index is 13.0. The molecular weight excluding hydrogens is 365 g/mol. The van der Waals surface area contributed by atoms with E-state index in [1.807, 2.05) is 0 Å². The van der Waals surface area contributed by atoms with Gasteiger partial charge in [-0.1, -0.05) is 13.8 Å². The molecule has 0 bridgehead atoms. The Labute approximate surface area is 159 Å². The molecule has 0 saturated carbocycles. The topological polar surface area (TPSA) is 94.2 Å². The summed E-state index contributed by atoms with van der Waals surface area (Å²) < 4.78 is 18.9. The molecule has 0 aliphatic rings. The van der Waals surface area contributed by atoms with Crippen molar-refractivity contribution in [2.75, 3.05) is 5.32 Å². The summed E-state index contributed by atoms with van der Waals surface area (Å²) >= 11 is 0. The molecule has 0 fully saturated rings. The molecule has 1 N–H and O–H groups in total. The number of carbonyl (C=O) groups is 2. The Morgan fingerprint density at radius 1 is 1.11 bits per heavy atom. The number of carbonyl (C=O) groups excluding carboxylic acids is 2. The lowest BCUT2D eigenvalue weighted by Gasteiger charge is -2.08. The number of Topliss-reactive ketones (excluding diaryl/α,β-unsaturated/α-hetero) is 1. The second-order valence-electron chi connectivity index (χ2n) is 6.48. The van der Waals surface area contributed by atoms with E-state index in [4.69, 9.17) is 4.42 Å². The van der Waals surface area contributed by atoms with Crippen molar-refractivity contribution in [3.8, 4) is 11.5 Å². The minimum Gasteiger partial charge on any atom is -0.388 e. The van der Waals surface area contributed by atoms with Crippen LogP contribution in [-0.4, -0.2) is 21.5 Å². The number of aromatic nitrogens is 2. The highest BCUT2D eigenvalue weighted by molar-refractivity contribution is 5.97. The fraction of sp³-hybridized carbons (Fsp3) is 0.200. The number of rotatable bonds is 6. The van der Waals surface area contributed by atoms with Gasteiger partial charge in [0.05, 0.1) is 0 Å². The molecule has 1 amide bonds. The van der Waals surface area contributed by atoms with E-state index in [1.54, 1.807) is 38.1 Å². The number of ketones is 1. The molecule has 0 aliphatic heterocycles. The van der Waals surface area contributed by atoms with Gasteiger partial charge in [0.1, 0.15) is 12.4 Å². The zero-order chi connectivity index (χ0) is 20.3. The highest BCUT2D eigenvalue weighted by Crippen LogP contribution is 2.16. The second kappa shape index (κ2) is 7.99. The fourth-order valence-electron chi connectivity index (χ4n) is 2.37. The van der Waals surface area contributed by atoms with E-state index >= 15 is 0 Å². The first-order valence-electron chi connectivity index (χ1n) is 8.61. The lowest BCUT2D eigenvalue weighted by Crippen LogP contribution is -2.21. The summed E-state index contributed by atoms with van der Waals surface area (Å²) in [4.78, 5) is 36.1. The van der Waals surface area contributed by atoms with E-state index in [2.05, 4.69) is 10.4 Å². The van der Waals surface area contributed by atoms with Gasteiger partial charge in [-0.2, -0.15) is 4.68 Å². The van der Waals surface area contributed by atoms with Gasteiger partial charge >= 0.3 is 5.76 Å². The predicted molar refractivity (Wildman–Crippen MR) is 100 cm³/mol. The van der Waals surface area contributed by atoms with Crippen LogP contribution in [0, 0.1) is 11.7 Å². The first-order valence-corrected chi connectivity index (χ1v) is 8.61. The van der Waals surface area contributed by atoms with Crippen LogP contribution < -0.4 is 11.1 Å². The minimum atomic E-state index is -0.784. The summed E-state index contributed by atoms with van der Waals surface area (Å²) in [7, 11) is 0. The van der Waals surface area contributed by atoms with Crippen LogP contribution in [0.3, 0.4) is 0 Å². The van der Waals surface area contributed by atoms with Gasteiger partial charge in [0.15, 0.2) is 5.78 Å². The third-order valence-electron chi connectivity index (χ3n) is 3.99. The molecule has 0 radical (unpaired) electrons. The smallest absolute Gasteiger partial charge is 0.388 e. The number of hydrogen-bond donors (Lipinski definition) is 1. The second-order valence-corrected chi connectivity index (χ2v) is 6.48. The van der Waals surface area contributed by atoms with Crippen molar-refractivity contribution in [2.45, 2.75) is 20.4 Å². The van der Waals surface area contributed by atoms with Crippen LogP contribution >= 0.6 is 0 Å². The maximum Gasteiger partial charge on any atom is 0.437 e. The van der Waals surface area contributed by atoms with Gasteiger partial charge in [0.25, 0.3) is 0 Å². The van der Waals surface area contributed by atoms with Crippen LogP contribution in [0.25, 0.3) is 11.5 Å². The van der Waals surface area contributed by atoms with Gasteiger partial charge in [0.2, 0.25) is 11.8 Å². The molecule has 0 aliphatic carbocycles. The summed E-state index contributed by atoms with van der Waals surface area (Å²) in [6.45, 7) is 3.26. The third-order valence-corrected chi connectivity index (χ3v) is 3.99. The Morgan fingerprint density at radius 3 is 2.36 bits per heavy atom. The molecule has 0 unspecified atom stereocenters. The Morgan fingerprint density at radius 2 is 1.75 bits per heavy atom. The van der Waals surface area contributed by atoms with Gasteiger partial charge in [-0.05, 0) is 48.5 Å². The Kier molecular flexibility index (Phi) is 5.49. The number of anilines is 1.